The fourth-order valence-electron chi connectivity index (χ4n) is 4.51. The van der Waals surface area contributed by atoms with E-state index in [0.717, 1.165) is 22.2 Å². The average molecular weight is 398 g/mol. The largest absolute Gasteiger partial charge is 0.308 e. The molecule has 0 saturated heterocycles. The van der Waals surface area contributed by atoms with Crippen LogP contribution in [0.4, 0.5) is 0 Å². The number of benzene rings is 4. The van der Waals surface area contributed by atoms with Crippen LogP contribution in [0.15, 0.2) is 94.5 Å². The molecule has 0 fully saturated rings. The second kappa shape index (κ2) is 6.25. The van der Waals surface area contributed by atoms with Crippen LogP contribution in [-0.4, -0.2) is 4.40 Å². The summed E-state index contributed by atoms with van der Waals surface area (Å²) in [5.41, 5.74) is 4.21. The molecule has 2 heterocycles. The third-order valence-corrected chi connectivity index (χ3v) is 5.95. The zero-order valence-electron chi connectivity index (χ0n) is 16.3. The molecule has 0 spiro atoms. The number of para-hydroxylation sites is 2. The normalized spacial score (nSPS) is 11.5. The summed E-state index contributed by atoms with van der Waals surface area (Å²) in [6.45, 7) is 0. The number of fused-ring (bicyclic) bond motifs is 4. The van der Waals surface area contributed by atoms with Crippen LogP contribution in [0.5, 0.6) is 0 Å². The van der Waals surface area contributed by atoms with Crippen LogP contribution in [0.3, 0.4) is 0 Å². The molecule has 0 unspecified atom stereocenters. The van der Waals surface area contributed by atoms with E-state index in [0.29, 0.717) is 32.6 Å². The molecular weight excluding hydrogens is 384 g/mol. The Morgan fingerprint density at radius 2 is 1.13 bits per heavy atom. The molecule has 0 radical (unpaired) electrons. The maximum Gasteiger partial charge on any atom is 0.197 e. The van der Waals surface area contributed by atoms with E-state index < -0.39 is 0 Å². The van der Waals surface area contributed by atoms with Gasteiger partial charge in [-0.05, 0) is 59.7 Å². The van der Waals surface area contributed by atoms with Gasteiger partial charge in [-0.1, -0.05) is 36.4 Å². The molecule has 2 aromatic heterocycles. The first-order chi connectivity index (χ1) is 15.2. The molecule has 6 aromatic rings. The van der Waals surface area contributed by atoms with Crippen molar-refractivity contribution in [2.75, 3.05) is 0 Å². The highest BCUT2D eigenvalue weighted by molar-refractivity contribution is 6.09. The van der Waals surface area contributed by atoms with Gasteiger partial charge in [0.25, 0.3) is 0 Å². The van der Waals surface area contributed by atoms with Gasteiger partial charge in [0, 0.05) is 21.5 Å². The zero-order valence-corrected chi connectivity index (χ0v) is 16.3. The second-order valence-corrected chi connectivity index (χ2v) is 7.64. The lowest BCUT2D eigenvalue weighted by molar-refractivity contribution is 1.31. The lowest BCUT2D eigenvalue weighted by Crippen LogP contribution is -2.14. The van der Waals surface area contributed by atoms with E-state index in [4.69, 9.17) is 5.26 Å². The van der Waals surface area contributed by atoms with E-state index in [1.54, 1.807) is 12.1 Å². The van der Waals surface area contributed by atoms with E-state index in [1.807, 2.05) is 77.2 Å². The lowest BCUT2D eigenvalue weighted by Gasteiger charge is -2.15. The van der Waals surface area contributed by atoms with E-state index in [1.165, 1.54) is 0 Å². The molecule has 4 heteroatoms. The first kappa shape index (κ1) is 17.4. The van der Waals surface area contributed by atoms with E-state index in [-0.39, 0.29) is 10.9 Å². The summed E-state index contributed by atoms with van der Waals surface area (Å²) in [4.78, 5) is 26.9. The van der Waals surface area contributed by atoms with Gasteiger partial charge in [-0.2, -0.15) is 5.26 Å². The summed E-state index contributed by atoms with van der Waals surface area (Å²) in [6.07, 6.45) is 0. The molecular formula is C27H14N2O2. The molecule has 0 atom stereocenters. The Bertz CT molecular complexity index is 1720. The fourth-order valence-corrected chi connectivity index (χ4v) is 4.51. The Kier molecular flexibility index (Phi) is 3.50. The van der Waals surface area contributed by atoms with Crippen molar-refractivity contribution in [3.05, 3.63) is 111 Å². The molecule has 0 N–H and O–H groups in total. The number of rotatable bonds is 1. The molecule has 0 amide bonds. The summed E-state index contributed by atoms with van der Waals surface area (Å²) in [7, 11) is 0. The predicted molar refractivity (Wildman–Crippen MR) is 124 cm³/mol. The summed E-state index contributed by atoms with van der Waals surface area (Å²) in [5.74, 6) is 0. The maximum absolute atomic E-state index is 13.5. The van der Waals surface area contributed by atoms with Gasteiger partial charge >= 0.3 is 0 Å². The summed E-state index contributed by atoms with van der Waals surface area (Å²) in [6, 6.07) is 28.0. The molecule has 0 aliphatic heterocycles. The average Bonchev–Trinajstić information content (AvgIpc) is 2.83. The quantitative estimate of drug-likeness (QED) is 0.286. The lowest BCUT2D eigenvalue weighted by atomic mass is 9.96. The van der Waals surface area contributed by atoms with Crippen LogP contribution in [0.1, 0.15) is 5.56 Å². The number of aromatic nitrogens is 1. The molecule has 4 aromatic carbocycles. The van der Waals surface area contributed by atoms with E-state index in [9.17, 15) is 9.59 Å². The van der Waals surface area contributed by atoms with Crippen molar-refractivity contribution >= 4 is 38.1 Å². The fraction of sp³-hybridized carbons (Fsp3) is 0. The van der Waals surface area contributed by atoms with Gasteiger partial charge in [0.2, 0.25) is 0 Å². The highest BCUT2D eigenvalue weighted by Crippen LogP contribution is 2.31. The molecule has 0 aliphatic rings. The minimum Gasteiger partial charge on any atom is -0.308 e. The Balaban J connectivity index is 1.90. The van der Waals surface area contributed by atoms with Gasteiger partial charge in [0.15, 0.2) is 10.9 Å². The van der Waals surface area contributed by atoms with Crippen LogP contribution in [0.25, 0.3) is 49.2 Å². The third-order valence-electron chi connectivity index (χ3n) is 5.95. The molecule has 0 bridgehead atoms. The topological polar surface area (TPSA) is 62.3 Å². The third kappa shape index (κ3) is 2.35. The van der Waals surface area contributed by atoms with Crippen LogP contribution in [0, 0.1) is 11.3 Å². The molecule has 0 saturated carbocycles. The van der Waals surface area contributed by atoms with Gasteiger partial charge in [-0.25, -0.2) is 0 Å². The molecule has 0 aliphatic carbocycles. The van der Waals surface area contributed by atoms with Crippen molar-refractivity contribution in [1.82, 2.24) is 4.40 Å². The molecule has 6 rings (SSSR count). The SMILES string of the molecule is N#Cc1ccc(-c2cc3c(=O)c4ccccc4n4c5ccccc5c(=O)c(c2)c34)cc1. The Morgan fingerprint density at radius 3 is 1.65 bits per heavy atom. The number of nitrogens with zero attached hydrogens (tertiary/aromatic N) is 2. The summed E-state index contributed by atoms with van der Waals surface area (Å²) >= 11 is 0. The minimum atomic E-state index is -0.0919. The maximum atomic E-state index is 13.5. The van der Waals surface area contributed by atoms with Crippen molar-refractivity contribution in [1.29, 1.82) is 5.26 Å². The van der Waals surface area contributed by atoms with Crippen LogP contribution in [-0.2, 0) is 0 Å². The molecule has 31 heavy (non-hydrogen) atoms. The Labute approximate surface area is 176 Å². The van der Waals surface area contributed by atoms with Gasteiger partial charge in [0.05, 0.1) is 28.2 Å². The highest BCUT2D eigenvalue weighted by atomic mass is 16.1. The van der Waals surface area contributed by atoms with E-state index in [2.05, 4.69) is 6.07 Å². The zero-order chi connectivity index (χ0) is 21.1. The second-order valence-electron chi connectivity index (χ2n) is 7.64. The van der Waals surface area contributed by atoms with Crippen LogP contribution in [0.2, 0.25) is 0 Å². The van der Waals surface area contributed by atoms with Crippen molar-refractivity contribution < 1.29 is 0 Å². The first-order valence-corrected chi connectivity index (χ1v) is 9.93. The summed E-state index contributed by atoms with van der Waals surface area (Å²) in [5, 5.41) is 11.3. The van der Waals surface area contributed by atoms with Crippen LogP contribution >= 0.6 is 0 Å². The highest BCUT2D eigenvalue weighted by Gasteiger charge is 2.18. The smallest absolute Gasteiger partial charge is 0.197 e. The minimum absolute atomic E-state index is 0.0919. The van der Waals surface area contributed by atoms with Crippen molar-refractivity contribution in [3.8, 4) is 17.2 Å². The Morgan fingerprint density at radius 1 is 0.613 bits per heavy atom. The number of pyridine rings is 2. The monoisotopic (exact) mass is 398 g/mol. The number of hydrogen-bond donors (Lipinski definition) is 0. The van der Waals surface area contributed by atoms with Crippen molar-refractivity contribution in [3.63, 3.8) is 0 Å². The van der Waals surface area contributed by atoms with Gasteiger partial charge in [-0.15, -0.1) is 0 Å². The predicted octanol–water partition coefficient (Wildman–Crippen LogP) is 5.10. The Hall–Kier alpha value is -4.49. The molecule has 4 nitrogen and oxygen atoms in total. The van der Waals surface area contributed by atoms with Gasteiger partial charge < -0.3 is 4.40 Å². The standard InChI is InChI=1S/C27H14N2O2/c28-15-16-9-11-17(12-10-16)18-13-21-25-22(14-18)27(31)20-6-2-4-8-24(20)29(25)23-7-3-1-5-19(23)26(21)30/h1-14H. The number of nitriles is 1. The van der Waals surface area contributed by atoms with Crippen molar-refractivity contribution in [2.45, 2.75) is 0 Å². The van der Waals surface area contributed by atoms with Gasteiger partial charge in [-0.3, -0.25) is 9.59 Å². The molecule has 144 valence electrons. The number of hydrogen-bond acceptors (Lipinski definition) is 3. The van der Waals surface area contributed by atoms with Crippen LogP contribution < -0.4 is 10.9 Å². The first-order valence-electron chi connectivity index (χ1n) is 9.93. The van der Waals surface area contributed by atoms with E-state index >= 15 is 0 Å². The van der Waals surface area contributed by atoms with Gasteiger partial charge in [0.1, 0.15) is 0 Å². The summed E-state index contributed by atoms with van der Waals surface area (Å²) < 4.78 is 2.03. The van der Waals surface area contributed by atoms with Crippen molar-refractivity contribution in [2.24, 2.45) is 0 Å².